The lowest BCUT2D eigenvalue weighted by Crippen LogP contribution is -2.13. The van der Waals surface area contributed by atoms with E-state index in [0.29, 0.717) is 20.7 Å². The van der Waals surface area contributed by atoms with E-state index in [1.165, 1.54) is 11.3 Å². The molecule has 0 spiro atoms. The quantitative estimate of drug-likeness (QED) is 0.385. The van der Waals surface area contributed by atoms with Crippen LogP contribution in [0.5, 0.6) is 0 Å². The van der Waals surface area contributed by atoms with Crippen LogP contribution >= 0.6 is 34.5 Å². The number of aryl methyl sites for hydroxylation is 2. The maximum absolute atomic E-state index is 12.6. The highest BCUT2D eigenvalue weighted by atomic mass is 35.5. The third-order valence-corrected chi connectivity index (χ3v) is 5.75. The van der Waals surface area contributed by atoms with Gasteiger partial charge >= 0.3 is 0 Å². The number of rotatable bonds is 4. The molecule has 0 radical (unpaired) electrons. The van der Waals surface area contributed by atoms with Crippen molar-refractivity contribution in [2.24, 2.45) is 5.10 Å². The first-order chi connectivity index (χ1) is 12.8. The second kappa shape index (κ2) is 7.84. The number of halogens is 2. The van der Waals surface area contributed by atoms with Gasteiger partial charge in [0.15, 0.2) is 0 Å². The molecule has 0 atom stereocenters. The Morgan fingerprint density at radius 1 is 1.15 bits per heavy atom. The van der Waals surface area contributed by atoms with Gasteiger partial charge in [-0.2, -0.15) is 5.10 Å². The number of aromatic nitrogens is 1. The van der Waals surface area contributed by atoms with Gasteiger partial charge in [0.1, 0.15) is 0 Å². The number of hydrazone groups is 1. The summed E-state index contributed by atoms with van der Waals surface area (Å²) in [5.41, 5.74) is 7.85. The highest BCUT2D eigenvalue weighted by molar-refractivity contribution is 7.22. The fourth-order valence-electron chi connectivity index (χ4n) is 2.61. The highest BCUT2D eigenvalue weighted by Crippen LogP contribution is 2.35. The van der Waals surface area contributed by atoms with E-state index in [4.69, 9.17) is 23.2 Å². The van der Waals surface area contributed by atoms with Crippen LogP contribution in [0.4, 0.5) is 10.8 Å². The van der Waals surface area contributed by atoms with E-state index in [9.17, 15) is 4.79 Å². The van der Waals surface area contributed by atoms with Gasteiger partial charge in [0, 0.05) is 17.0 Å². The first-order valence-corrected chi connectivity index (χ1v) is 9.77. The van der Waals surface area contributed by atoms with Gasteiger partial charge in [-0.25, -0.2) is 4.98 Å². The predicted octanol–water partition coefficient (Wildman–Crippen LogP) is 6.28. The number of nitrogens with zero attached hydrogens (tertiary/aromatic N) is 2. The Morgan fingerprint density at radius 3 is 2.56 bits per heavy atom. The summed E-state index contributed by atoms with van der Waals surface area (Å²) in [7, 11) is 0. The molecule has 0 unspecified atom stereocenters. The van der Waals surface area contributed by atoms with Crippen LogP contribution in [0.1, 0.15) is 35.3 Å². The summed E-state index contributed by atoms with van der Waals surface area (Å²) in [6.45, 7) is 7.73. The van der Waals surface area contributed by atoms with Crippen LogP contribution in [0.25, 0.3) is 10.2 Å². The molecule has 2 aromatic carbocycles. The molecule has 1 amide bonds. The van der Waals surface area contributed by atoms with Gasteiger partial charge in [0.25, 0.3) is 5.91 Å². The zero-order chi connectivity index (χ0) is 19.7. The van der Waals surface area contributed by atoms with Crippen molar-refractivity contribution < 1.29 is 4.79 Å². The van der Waals surface area contributed by atoms with E-state index in [2.05, 4.69) is 20.8 Å². The van der Waals surface area contributed by atoms with Gasteiger partial charge in [-0.3, -0.25) is 10.2 Å². The molecule has 0 aliphatic heterocycles. The lowest BCUT2D eigenvalue weighted by molar-refractivity contribution is 0.102. The fraction of sp³-hybridized carbons (Fsp3) is 0.211. The summed E-state index contributed by atoms with van der Waals surface area (Å²) in [5, 5.41) is 8.64. The standard InChI is InChI=1S/C19H18Cl2N4OS/c1-9(2)24-25-19-22-15-7-10(3)16(11(4)17(15)27-19)23-18(26)12-5-6-13(20)14(21)8-12/h5-8H,1-4H3,(H,22,25)(H,23,26). The molecule has 27 heavy (non-hydrogen) atoms. The number of amides is 1. The highest BCUT2D eigenvalue weighted by Gasteiger charge is 2.16. The van der Waals surface area contributed by atoms with E-state index >= 15 is 0 Å². The molecule has 0 fully saturated rings. The van der Waals surface area contributed by atoms with Crippen molar-refractivity contribution in [2.75, 3.05) is 10.7 Å². The number of carbonyl (C=O) groups is 1. The first-order valence-electron chi connectivity index (χ1n) is 8.20. The topological polar surface area (TPSA) is 66.4 Å². The van der Waals surface area contributed by atoms with Gasteiger partial charge in [-0.1, -0.05) is 34.5 Å². The van der Waals surface area contributed by atoms with Crippen molar-refractivity contribution >= 4 is 67.2 Å². The van der Waals surface area contributed by atoms with Crippen LogP contribution in [0.15, 0.2) is 29.4 Å². The van der Waals surface area contributed by atoms with Gasteiger partial charge in [0.05, 0.1) is 20.3 Å². The molecule has 0 bridgehead atoms. The number of thiazole rings is 1. The van der Waals surface area contributed by atoms with E-state index in [-0.39, 0.29) is 5.91 Å². The summed E-state index contributed by atoms with van der Waals surface area (Å²) >= 11 is 13.4. The summed E-state index contributed by atoms with van der Waals surface area (Å²) < 4.78 is 0.997. The molecule has 2 N–H and O–H groups in total. The Balaban J connectivity index is 1.95. The molecule has 0 saturated carbocycles. The minimum absolute atomic E-state index is 0.242. The van der Waals surface area contributed by atoms with E-state index in [1.54, 1.807) is 18.2 Å². The minimum Gasteiger partial charge on any atom is -0.321 e. The predicted molar refractivity (Wildman–Crippen MR) is 116 cm³/mol. The van der Waals surface area contributed by atoms with Gasteiger partial charge in [-0.05, 0) is 63.1 Å². The van der Waals surface area contributed by atoms with Gasteiger partial charge < -0.3 is 5.32 Å². The SMILES string of the molecule is CC(C)=NNc1nc2cc(C)c(NC(=O)c3ccc(Cl)c(Cl)c3)c(C)c2s1. The molecule has 3 aromatic rings. The zero-order valence-electron chi connectivity index (χ0n) is 15.3. The first kappa shape index (κ1) is 19.6. The molecular weight excluding hydrogens is 403 g/mol. The molecule has 3 rings (SSSR count). The van der Waals surface area contributed by atoms with Crippen molar-refractivity contribution in [3.8, 4) is 0 Å². The fourth-order valence-corrected chi connectivity index (χ4v) is 3.80. The van der Waals surface area contributed by atoms with Gasteiger partial charge in [-0.15, -0.1) is 0 Å². The number of anilines is 2. The average molecular weight is 421 g/mol. The van der Waals surface area contributed by atoms with Crippen LogP contribution in [0.2, 0.25) is 10.0 Å². The van der Waals surface area contributed by atoms with E-state index in [1.807, 2.05) is 33.8 Å². The van der Waals surface area contributed by atoms with E-state index < -0.39 is 0 Å². The number of nitrogens with one attached hydrogen (secondary N) is 2. The average Bonchev–Trinajstić information content (AvgIpc) is 3.02. The van der Waals surface area contributed by atoms with Crippen molar-refractivity contribution in [2.45, 2.75) is 27.7 Å². The second-order valence-corrected chi connectivity index (χ2v) is 8.13. The van der Waals surface area contributed by atoms with Crippen molar-refractivity contribution in [1.29, 1.82) is 0 Å². The van der Waals surface area contributed by atoms with Crippen molar-refractivity contribution in [3.63, 3.8) is 0 Å². The summed E-state index contributed by atoms with van der Waals surface area (Å²) in [4.78, 5) is 17.2. The lowest BCUT2D eigenvalue weighted by Gasteiger charge is -2.12. The van der Waals surface area contributed by atoms with Crippen LogP contribution in [0.3, 0.4) is 0 Å². The molecule has 0 aliphatic carbocycles. The Labute approximate surface area is 171 Å². The molecule has 0 saturated heterocycles. The minimum atomic E-state index is -0.242. The van der Waals surface area contributed by atoms with Crippen LogP contribution < -0.4 is 10.7 Å². The number of carbonyl (C=O) groups excluding carboxylic acids is 1. The molecule has 0 aliphatic rings. The molecular formula is C19H18Cl2N4OS. The second-order valence-electron chi connectivity index (χ2n) is 6.31. The molecule has 1 aromatic heterocycles. The summed E-state index contributed by atoms with van der Waals surface area (Å²) in [5.74, 6) is -0.242. The molecule has 140 valence electrons. The molecule has 1 heterocycles. The number of hydrogen-bond donors (Lipinski definition) is 2. The van der Waals surface area contributed by atoms with Gasteiger partial charge in [0.2, 0.25) is 5.13 Å². The Hall–Kier alpha value is -2.15. The maximum atomic E-state index is 12.6. The lowest BCUT2D eigenvalue weighted by atomic mass is 10.1. The largest absolute Gasteiger partial charge is 0.321 e. The Kier molecular flexibility index (Phi) is 5.69. The third-order valence-electron chi connectivity index (χ3n) is 3.91. The normalized spacial score (nSPS) is 10.7. The number of benzene rings is 2. The smallest absolute Gasteiger partial charge is 0.255 e. The Morgan fingerprint density at radius 2 is 1.89 bits per heavy atom. The van der Waals surface area contributed by atoms with E-state index in [0.717, 1.165) is 32.7 Å². The van der Waals surface area contributed by atoms with Crippen molar-refractivity contribution in [1.82, 2.24) is 4.98 Å². The molecule has 8 heteroatoms. The molecule has 5 nitrogen and oxygen atoms in total. The summed E-state index contributed by atoms with van der Waals surface area (Å²) in [6, 6.07) is 6.77. The van der Waals surface area contributed by atoms with Crippen LogP contribution in [-0.4, -0.2) is 16.6 Å². The number of fused-ring (bicyclic) bond motifs is 1. The van der Waals surface area contributed by atoms with Crippen molar-refractivity contribution in [3.05, 3.63) is 51.0 Å². The zero-order valence-corrected chi connectivity index (χ0v) is 17.6. The Bertz CT molecular complexity index is 1070. The third kappa shape index (κ3) is 4.24. The maximum Gasteiger partial charge on any atom is 0.255 e. The van der Waals surface area contributed by atoms with Crippen LogP contribution in [0, 0.1) is 13.8 Å². The number of hydrogen-bond acceptors (Lipinski definition) is 5. The van der Waals surface area contributed by atoms with Crippen LogP contribution in [-0.2, 0) is 0 Å². The monoisotopic (exact) mass is 420 g/mol. The summed E-state index contributed by atoms with van der Waals surface area (Å²) in [6.07, 6.45) is 0.